The zero-order valence-corrected chi connectivity index (χ0v) is 25.6. The van der Waals surface area contributed by atoms with E-state index in [9.17, 15) is 0 Å². The summed E-state index contributed by atoms with van der Waals surface area (Å²) in [4.78, 5) is 0. The van der Waals surface area contributed by atoms with Crippen LogP contribution < -0.4 is 0 Å². The first-order valence-corrected chi connectivity index (χ1v) is 10.9. The quantitative estimate of drug-likeness (QED) is 0.297. The third kappa shape index (κ3) is 4.32. The fraction of sp³-hybridized carbons (Fsp3) is 0. The van der Waals surface area contributed by atoms with Gasteiger partial charge in [-0.25, -0.2) is 0 Å². The van der Waals surface area contributed by atoms with E-state index in [1.165, 1.54) is 0 Å². The molecule has 13 nitrogen and oxygen atoms in total. The van der Waals surface area contributed by atoms with Crippen molar-refractivity contribution in [2.45, 2.75) is 0 Å². The van der Waals surface area contributed by atoms with Gasteiger partial charge in [-0.3, -0.25) is 0 Å². The Bertz CT molecular complexity index is 896. The molecule has 0 aliphatic rings. The minimum atomic E-state index is -6.03. The molecule has 2 N–H and O–H groups in total. The van der Waals surface area contributed by atoms with Crippen molar-refractivity contribution in [1.82, 2.24) is 0 Å². The van der Waals surface area contributed by atoms with E-state index in [0.717, 1.165) is 60.0 Å². The van der Waals surface area contributed by atoms with Gasteiger partial charge in [0.2, 0.25) is 0 Å². The third-order valence-electron chi connectivity index (χ3n) is 2.24. The monoisotopic (exact) mass is 640 g/mol. The SMILES string of the molecule is N#[C][Co-3]([C]#N)([C]#N)([C]#N)([C]#N)[C]#N.N#[C][Co-3]([C]#N)([C]#N)([C]#N)([C]#N)[C]#N.O.[Zn+2].[Zn+2].[Zn+2]. The number of hydrogen-bond acceptors (Lipinski definition) is 12. The van der Waals surface area contributed by atoms with Crippen LogP contribution in [-0.2, 0) is 79.5 Å². The molecule has 0 heterocycles. The summed E-state index contributed by atoms with van der Waals surface area (Å²) >= 11 is 0. The van der Waals surface area contributed by atoms with Crippen LogP contribution in [0.2, 0.25) is 0 Å². The summed E-state index contributed by atoms with van der Waals surface area (Å²) in [6.07, 6.45) is 0. The fourth-order valence-corrected chi connectivity index (χ4v) is 2.06. The zero-order valence-electron chi connectivity index (χ0n) is 14.7. The zero-order chi connectivity index (χ0) is 21.3. The second-order valence-corrected chi connectivity index (χ2v) is 14.0. The third-order valence-corrected chi connectivity index (χ3v) is 9.22. The second kappa shape index (κ2) is 10.5. The molecule has 0 rings (SSSR count). The van der Waals surface area contributed by atoms with Gasteiger partial charge in [0.25, 0.3) is 0 Å². The predicted molar refractivity (Wildman–Crippen MR) is 71.0 cm³/mol. The molecule has 0 aromatic carbocycles. The molecular formula is C12H2Co2N12OZn3. The predicted octanol–water partition coefficient (Wildman–Crippen LogP) is -0.636. The molecule has 0 unspecified atom stereocenters. The first-order chi connectivity index (χ1) is 11.9. The van der Waals surface area contributed by atoms with Gasteiger partial charge in [-0.15, -0.1) is 0 Å². The maximum Gasteiger partial charge on any atom is 2.00 e. The maximum absolute atomic E-state index is 8.58. The smallest absolute Gasteiger partial charge is 0.412 e. The van der Waals surface area contributed by atoms with E-state index < -0.39 is 21.1 Å². The number of rotatable bonds is 0. The van der Waals surface area contributed by atoms with E-state index in [4.69, 9.17) is 63.1 Å². The Morgan fingerprint density at radius 3 is 0.333 bits per heavy atom. The number of nitrogens with zero attached hydrogens (tertiary/aromatic N) is 12. The Kier molecular flexibility index (Phi) is 14.4. The van der Waals surface area contributed by atoms with Gasteiger partial charge >= 0.3 is 203 Å². The van der Waals surface area contributed by atoms with E-state index in [1.807, 2.05) is 0 Å². The second-order valence-electron chi connectivity index (χ2n) is 3.39. The van der Waals surface area contributed by atoms with Gasteiger partial charge < -0.3 is 5.48 Å². The summed E-state index contributed by atoms with van der Waals surface area (Å²) in [5.41, 5.74) is 0. The number of nitriles is 12. The average molecular weight is 644 g/mol. The summed E-state index contributed by atoms with van der Waals surface area (Å²) in [5.74, 6) is 0. The van der Waals surface area contributed by atoms with Crippen LogP contribution in [0.25, 0.3) is 0 Å². The largest absolute Gasteiger partial charge is 2.00 e. The maximum atomic E-state index is 8.58. The molecule has 0 amide bonds. The van der Waals surface area contributed by atoms with Gasteiger partial charge in [0, 0.05) is 0 Å². The molecule has 0 aromatic heterocycles. The summed E-state index contributed by atoms with van der Waals surface area (Å²) in [5, 5.41) is 115. The van der Waals surface area contributed by atoms with Crippen LogP contribution in [-0.4, -0.2) is 5.48 Å². The van der Waals surface area contributed by atoms with Gasteiger partial charge in [-0.2, -0.15) is 0 Å². The van der Waals surface area contributed by atoms with Gasteiger partial charge in [-0.1, -0.05) is 0 Å². The van der Waals surface area contributed by atoms with Crippen LogP contribution in [0, 0.1) is 123 Å². The van der Waals surface area contributed by atoms with Crippen molar-refractivity contribution < 1.29 is 85.0 Å². The minimum Gasteiger partial charge on any atom is -0.412 e. The van der Waals surface area contributed by atoms with Crippen LogP contribution in [0.1, 0.15) is 0 Å². The van der Waals surface area contributed by atoms with Gasteiger partial charge in [0.05, 0.1) is 0 Å². The average Bonchev–Trinajstić information content (AvgIpc) is 2.77. The normalized spacial score (nSPS) is 11.6. The summed E-state index contributed by atoms with van der Waals surface area (Å²) < 4.78 is 0. The molecule has 18 heteroatoms. The summed E-state index contributed by atoms with van der Waals surface area (Å²) in [6, 6.07) is 0. The first-order valence-electron chi connectivity index (χ1n) is 4.68. The molecule has 140 valence electrons. The van der Waals surface area contributed by atoms with Crippen molar-refractivity contribution in [2.75, 3.05) is 0 Å². The number of hydrogen-bond donors (Lipinski definition) is 0. The topological polar surface area (TPSA) is 317 Å². The molecule has 0 atom stereocenters. The van der Waals surface area contributed by atoms with Crippen LogP contribution in [0.5, 0.6) is 0 Å². The summed E-state index contributed by atoms with van der Waals surface area (Å²) in [7, 11) is -12.1. The van der Waals surface area contributed by atoms with E-state index >= 15 is 0 Å². The van der Waals surface area contributed by atoms with Gasteiger partial charge in [-0.05, 0) is 0 Å². The Balaban J connectivity index is -0.0000000847. The molecule has 0 aliphatic carbocycles. The van der Waals surface area contributed by atoms with E-state index in [0.29, 0.717) is 0 Å². The van der Waals surface area contributed by atoms with Crippen molar-refractivity contribution in [3.05, 3.63) is 0 Å². The molecule has 0 aliphatic heterocycles. The molecule has 0 radical (unpaired) electrons. The first kappa shape index (κ1) is 41.2. The van der Waals surface area contributed by atoms with Crippen molar-refractivity contribution >= 4 is 0 Å². The minimum absolute atomic E-state index is 0. The molecule has 0 spiro atoms. The standard InChI is InChI=1S/12CN.2Co.H2O.3Zn/c12*1-2;;;;;;/h;;;;;;;;;;;;;;1H2;;;/q;;;;;;;;;;;;2*-3;;3*+2. The van der Waals surface area contributed by atoms with E-state index in [-0.39, 0.29) is 63.9 Å². The molecule has 0 saturated heterocycles. The van der Waals surface area contributed by atoms with Gasteiger partial charge in [0.1, 0.15) is 0 Å². The van der Waals surface area contributed by atoms with E-state index in [1.54, 1.807) is 0 Å². The van der Waals surface area contributed by atoms with Crippen molar-refractivity contribution in [3.63, 3.8) is 0 Å². The van der Waals surface area contributed by atoms with Crippen molar-refractivity contribution in [3.8, 4) is 60.0 Å². The van der Waals surface area contributed by atoms with Crippen LogP contribution in [0.4, 0.5) is 0 Å². The van der Waals surface area contributed by atoms with Crippen LogP contribution >= 0.6 is 0 Å². The Morgan fingerprint density at radius 2 is 0.333 bits per heavy atom. The molecule has 0 bridgehead atoms. The summed E-state index contributed by atoms with van der Waals surface area (Å²) in [6.45, 7) is 0. The van der Waals surface area contributed by atoms with Crippen LogP contribution in [0.15, 0.2) is 0 Å². The Morgan fingerprint density at radius 1 is 0.267 bits per heavy atom. The fourth-order valence-electron chi connectivity index (χ4n) is 0.500. The van der Waals surface area contributed by atoms with Crippen molar-refractivity contribution in [2.24, 2.45) is 0 Å². The molecule has 0 fully saturated rings. The Hall–Kier alpha value is -3.28. The molecular weight excluding hydrogens is 642 g/mol. The molecule has 30 heavy (non-hydrogen) atoms. The van der Waals surface area contributed by atoms with Crippen molar-refractivity contribution in [1.29, 1.82) is 63.1 Å². The molecule has 0 aromatic rings. The van der Waals surface area contributed by atoms with Gasteiger partial charge in [0.15, 0.2) is 0 Å². The van der Waals surface area contributed by atoms with E-state index in [2.05, 4.69) is 0 Å². The van der Waals surface area contributed by atoms with Crippen LogP contribution in [0.3, 0.4) is 0 Å². The molecule has 0 saturated carbocycles. The Labute approximate surface area is 206 Å².